The van der Waals surface area contributed by atoms with Crippen LogP contribution >= 0.6 is 0 Å². The molecule has 35 heavy (non-hydrogen) atoms. The molecule has 0 bridgehead atoms. The first kappa shape index (κ1) is 24.8. The van der Waals surface area contributed by atoms with Crippen molar-refractivity contribution in [2.45, 2.75) is 19.5 Å². The second-order valence-corrected chi connectivity index (χ2v) is 9.01. The minimum Gasteiger partial charge on any atom is -0.481 e. The van der Waals surface area contributed by atoms with Crippen LogP contribution in [0.2, 0.25) is 0 Å². The Hall–Kier alpha value is -3.32. The van der Waals surface area contributed by atoms with Gasteiger partial charge < -0.3 is 19.3 Å². The zero-order valence-corrected chi connectivity index (χ0v) is 19.6. The molecule has 186 valence electrons. The fourth-order valence-corrected chi connectivity index (χ4v) is 5.08. The molecule has 0 spiro atoms. The number of aromatic nitrogens is 1. The maximum Gasteiger partial charge on any atom is 0.417 e. The monoisotopic (exact) mass is 488 g/mol. The van der Waals surface area contributed by atoms with Gasteiger partial charge in [-0.25, -0.2) is 4.98 Å². The number of likely N-dealkylation sites (tertiary alicyclic amines) is 1. The highest BCUT2D eigenvalue weighted by molar-refractivity contribution is 5.94. The third-order valence-corrected chi connectivity index (χ3v) is 7.00. The summed E-state index contributed by atoms with van der Waals surface area (Å²) >= 11 is 0. The van der Waals surface area contributed by atoms with E-state index >= 15 is 0 Å². The number of ether oxygens (including phenoxy) is 2. The molecule has 2 fully saturated rings. The summed E-state index contributed by atoms with van der Waals surface area (Å²) in [5.41, 5.74) is -0.738. The van der Waals surface area contributed by atoms with Crippen LogP contribution in [0.4, 0.5) is 18.9 Å². The smallest absolute Gasteiger partial charge is 0.417 e. The molecule has 2 aliphatic rings. The Morgan fingerprint density at radius 1 is 1.29 bits per heavy atom. The summed E-state index contributed by atoms with van der Waals surface area (Å²) in [5.74, 6) is 0.298. The fourth-order valence-electron chi connectivity index (χ4n) is 5.08. The van der Waals surface area contributed by atoms with Crippen molar-refractivity contribution in [1.82, 2.24) is 9.88 Å². The van der Waals surface area contributed by atoms with Crippen molar-refractivity contribution in [3.05, 3.63) is 53.2 Å². The Labute approximate surface area is 202 Å². The predicted octanol–water partition coefficient (Wildman–Crippen LogP) is 3.99. The summed E-state index contributed by atoms with van der Waals surface area (Å²) in [7, 11) is 1.50. The van der Waals surface area contributed by atoms with E-state index in [4.69, 9.17) is 14.7 Å². The number of methoxy groups -OCH3 is 1. The van der Waals surface area contributed by atoms with Gasteiger partial charge in [0.05, 0.1) is 36.5 Å². The molecular weight excluding hydrogens is 461 g/mol. The summed E-state index contributed by atoms with van der Waals surface area (Å²) in [6.45, 7) is 4.90. The van der Waals surface area contributed by atoms with Gasteiger partial charge in [0.2, 0.25) is 5.88 Å². The largest absolute Gasteiger partial charge is 0.481 e. The lowest BCUT2D eigenvalue weighted by atomic mass is 9.73. The van der Waals surface area contributed by atoms with Gasteiger partial charge in [0.25, 0.3) is 5.91 Å². The lowest BCUT2D eigenvalue weighted by Gasteiger charge is -2.43. The normalized spacial score (nSPS) is 22.0. The lowest BCUT2D eigenvalue weighted by Crippen LogP contribution is -2.51. The molecule has 10 heteroatoms. The molecule has 1 aromatic heterocycles. The lowest BCUT2D eigenvalue weighted by molar-refractivity contribution is -0.137. The number of hydrogen-bond donors (Lipinski definition) is 0. The Bertz CT molecular complexity index is 1120. The molecule has 2 saturated heterocycles. The van der Waals surface area contributed by atoms with Crippen LogP contribution in [0.1, 0.15) is 34.8 Å². The standard InChI is InChI=1S/C25H27F3N4O3/c1-3-35-16-24-8-9-31(23(33)18-5-7-22(34-2)30-12-18)13-19(24)14-32(15-24)20-6-4-17(11-29)21(10-20)25(26,27)28/h4-7,10,12,19H,3,8-9,13-16H2,1-2H3/t19-,24+/m1/s1. The van der Waals surface area contributed by atoms with Gasteiger partial charge in [-0.05, 0) is 37.6 Å². The van der Waals surface area contributed by atoms with Gasteiger partial charge in [0, 0.05) is 62.1 Å². The Balaban J connectivity index is 1.58. The second kappa shape index (κ2) is 9.74. The summed E-state index contributed by atoms with van der Waals surface area (Å²) in [5, 5.41) is 9.12. The van der Waals surface area contributed by atoms with Crippen LogP contribution in [0.25, 0.3) is 0 Å². The van der Waals surface area contributed by atoms with E-state index in [2.05, 4.69) is 4.98 Å². The molecule has 0 unspecified atom stereocenters. The number of rotatable bonds is 6. The van der Waals surface area contributed by atoms with Crippen molar-refractivity contribution < 1.29 is 27.4 Å². The molecule has 0 N–H and O–H groups in total. The summed E-state index contributed by atoms with van der Waals surface area (Å²) in [6, 6.07) is 8.78. The summed E-state index contributed by atoms with van der Waals surface area (Å²) in [6.07, 6.45) is -2.46. The second-order valence-electron chi connectivity index (χ2n) is 9.01. The molecule has 0 saturated carbocycles. The van der Waals surface area contributed by atoms with Crippen LogP contribution in [-0.2, 0) is 10.9 Å². The number of pyridine rings is 1. The fraction of sp³-hybridized carbons (Fsp3) is 0.480. The molecule has 7 nitrogen and oxygen atoms in total. The summed E-state index contributed by atoms with van der Waals surface area (Å²) in [4.78, 5) is 20.9. The van der Waals surface area contributed by atoms with Crippen molar-refractivity contribution >= 4 is 11.6 Å². The van der Waals surface area contributed by atoms with Crippen LogP contribution in [0, 0.1) is 22.7 Å². The van der Waals surface area contributed by atoms with Crippen LogP contribution in [0.5, 0.6) is 5.88 Å². The number of nitrogens with zero attached hydrogens (tertiary/aromatic N) is 4. The molecule has 2 aliphatic heterocycles. The Kier molecular flexibility index (Phi) is 6.90. The topological polar surface area (TPSA) is 78.7 Å². The summed E-state index contributed by atoms with van der Waals surface area (Å²) < 4.78 is 51.5. The molecule has 2 aromatic rings. The molecule has 1 aromatic carbocycles. The van der Waals surface area contributed by atoms with E-state index in [0.717, 1.165) is 6.07 Å². The predicted molar refractivity (Wildman–Crippen MR) is 122 cm³/mol. The number of anilines is 1. The number of piperidine rings is 1. The van der Waals surface area contributed by atoms with E-state index in [1.54, 1.807) is 29.2 Å². The molecule has 1 amide bonds. The Morgan fingerprint density at radius 3 is 2.71 bits per heavy atom. The minimum absolute atomic E-state index is 0.0166. The van der Waals surface area contributed by atoms with Gasteiger partial charge in [-0.15, -0.1) is 0 Å². The zero-order chi connectivity index (χ0) is 25.2. The first-order valence-corrected chi connectivity index (χ1v) is 11.4. The number of benzene rings is 1. The average molecular weight is 489 g/mol. The van der Waals surface area contributed by atoms with E-state index in [1.165, 1.54) is 19.4 Å². The van der Waals surface area contributed by atoms with Crippen LogP contribution in [0.3, 0.4) is 0 Å². The van der Waals surface area contributed by atoms with E-state index in [-0.39, 0.29) is 17.2 Å². The quantitative estimate of drug-likeness (QED) is 0.612. The number of halogens is 3. The number of nitriles is 1. The molecule has 3 heterocycles. The number of amides is 1. The maximum absolute atomic E-state index is 13.5. The van der Waals surface area contributed by atoms with Crippen LogP contribution in [0.15, 0.2) is 36.5 Å². The van der Waals surface area contributed by atoms with Gasteiger partial charge >= 0.3 is 6.18 Å². The molecule has 0 aliphatic carbocycles. The SMILES string of the molecule is CCOC[C@@]12CCN(C(=O)c3ccc(OC)nc3)C[C@@H]1CN(c1ccc(C#N)c(C(F)(F)F)c1)C2. The van der Waals surface area contributed by atoms with Gasteiger partial charge in [-0.1, -0.05) is 0 Å². The average Bonchev–Trinajstić information content (AvgIpc) is 3.25. The molecule has 2 atom stereocenters. The molecule has 4 rings (SSSR count). The number of carbonyl (C=O) groups is 1. The minimum atomic E-state index is -4.62. The van der Waals surface area contributed by atoms with Crippen molar-refractivity contribution in [3.8, 4) is 11.9 Å². The highest BCUT2D eigenvalue weighted by atomic mass is 19.4. The highest BCUT2D eigenvalue weighted by Gasteiger charge is 2.50. The third-order valence-electron chi connectivity index (χ3n) is 7.00. The van der Waals surface area contributed by atoms with Crippen molar-refractivity contribution in [2.24, 2.45) is 11.3 Å². The van der Waals surface area contributed by atoms with Gasteiger partial charge in [-0.2, -0.15) is 18.4 Å². The number of carbonyl (C=O) groups excluding carboxylic acids is 1. The van der Waals surface area contributed by atoms with E-state index in [1.807, 2.05) is 11.8 Å². The van der Waals surface area contributed by atoms with E-state index in [9.17, 15) is 18.0 Å². The van der Waals surface area contributed by atoms with E-state index < -0.39 is 17.3 Å². The first-order chi connectivity index (χ1) is 16.7. The number of fused-ring (bicyclic) bond motifs is 1. The molecule has 0 radical (unpaired) electrons. The number of alkyl halides is 3. The van der Waals surface area contributed by atoms with Crippen LogP contribution in [-0.4, -0.2) is 62.3 Å². The van der Waals surface area contributed by atoms with Crippen molar-refractivity contribution in [1.29, 1.82) is 5.26 Å². The van der Waals surface area contributed by atoms with Gasteiger partial charge in [-0.3, -0.25) is 4.79 Å². The first-order valence-electron chi connectivity index (χ1n) is 11.4. The highest BCUT2D eigenvalue weighted by Crippen LogP contribution is 2.45. The van der Waals surface area contributed by atoms with Crippen LogP contribution < -0.4 is 9.64 Å². The zero-order valence-electron chi connectivity index (χ0n) is 19.6. The third kappa shape index (κ3) is 4.91. The van der Waals surface area contributed by atoms with Crippen molar-refractivity contribution in [3.63, 3.8) is 0 Å². The number of hydrogen-bond acceptors (Lipinski definition) is 6. The van der Waals surface area contributed by atoms with Gasteiger partial charge in [0.1, 0.15) is 0 Å². The molecular formula is C25H27F3N4O3. The van der Waals surface area contributed by atoms with Gasteiger partial charge in [0.15, 0.2) is 0 Å². The van der Waals surface area contributed by atoms with E-state index in [0.29, 0.717) is 62.9 Å². The van der Waals surface area contributed by atoms with Crippen molar-refractivity contribution in [2.75, 3.05) is 51.4 Å². The Morgan fingerprint density at radius 2 is 2.09 bits per heavy atom. The maximum atomic E-state index is 13.5.